The number of carbonyl (C=O) groups is 2. The van der Waals surface area contributed by atoms with Crippen LogP contribution in [-0.2, 0) is 4.79 Å². The van der Waals surface area contributed by atoms with Crippen molar-refractivity contribution in [1.29, 1.82) is 0 Å². The molecule has 5 nitrogen and oxygen atoms in total. The topological polar surface area (TPSA) is 74.0 Å². The Balaban J connectivity index is 0.00000137. The monoisotopic (exact) mass is 253 g/mol. The lowest BCUT2D eigenvalue weighted by Crippen LogP contribution is -2.29. The maximum absolute atomic E-state index is 11.6. The summed E-state index contributed by atoms with van der Waals surface area (Å²) in [5.41, 5.74) is 0.514. The number of hydrogen-bond acceptors (Lipinski definition) is 2. The summed E-state index contributed by atoms with van der Waals surface area (Å²) in [4.78, 5) is 25.5. The summed E-state index contributed by atoms with van der Waals surface area (Å²) in [5.74, 6) is 0.307. The van der Waals surface area contributed by atoms with Crippen molar-refractivity contribution in [1.82, 2.24) is 10.3 Å². The predicted molar refractivity (Wildman–Crippen MR) is 73.7 cm³/mol. The van der Waals surface area contributed by atoms with Gasteiger partial charge in [0, 0.05) is 18.7 Å². The first-order chi connectivity index (χ1) is 8.52. The molecule has 0 atom stereocenters. The third-order valence-corrected chi connectivity index (χ3v) is 1.96. The molecule has 1 heterocycles. The fourth-order valence-corrected chi connectivity index (χ4v) is 1.18. The van der Waals surface area contributed by atoms with Crippen molar-refractivity contribution in [3.8, 4) is 0 Å². The standard InChI is InChI=1S/C11H17N3O2.C2H6/c1-4-10(15)14-9-5-8(6-12-9)11(16)13-7(2)3;1-2/h5-7,12H,4H2,1-3H3,(H,13,16)(H,14,15);1-2H3. The van der Waals surface area contributed by atoms with E-state index in [9.17, 15) is 9.59 Å². The molecule has 0 bridgehead atoms. The number of H-pyrrole nitrogens is 1. The van der Waals surface area contributed by atoms with Crippen LogP contribution >= 0.6 is 0 Å². The van der Waals surface area contributed by atoms with Crippen molar-refractivity contribution in [2.24, 2.45) is 0 Å². The minimum atomic E-state index is -0.150. The molecule has 1 aromatic rings. The summed E-state index contributed by atoms with van der Waals surface area (Å²) in [6.07, 6.45) is 1.98. The van der Waals surface area contributed by atoms with Gasteiger partial charge in [0.05, 0.1) is 5.56 Å². The summed E-state index contributed by atoms with van der Waals surface area (Å²) < 4.78 is 0. The first kappa shape index (κ1) is 16.2. The highest BCUT2D eigenvalue weighted by Gasteiger charge is 2.09. The van der Waals surface area contributed by atoms with Gasteiger partial charge >= 0.3 is 0 Å². The van der Waals surface area contributed by atoms with Gasteiger partial charge < -0.3 is 15.6 Å². The Morgan fingerprint density at radius 2 is 1.94 bits per heavy atom. The zero-order chi connectivity index (χ0) is 14.1. The van der Waals surface area contributed by atoms with Gasteiger partial charge in [0.25, 0.3) is 5.91 Å². The molecule has 0 aliphatic heterocycles. The van der Waals surface area contributed by atoms with E-state index in [1.165, 1.54) is 0 Å². The lowest BCUT2D eigenvalue weighted by molar-refractivity contribution is -0.115. The van der Waals surface area contributed by atoms with Gasteiger partial charge in [0.2, 0.25) is 5.91 Å². The maximum atomic E-state index is 11.6. The van der Waals surface area contributed by atoms with Gasteiger partial charge in [0.1, 0.15) is 5.82 Å². The van der Waals surface area contributed by atoms with E-state index in [4.69, 9.17) is 0 Å². The van der Waals surface area contributed by atoms with E-state index in [0.29, 0.717) is 17.8 Å². The van der Waals surface area contributed by atoms with Crippen molar-refractivity contribution in [3.05, 3.63) is 17.8 Å². The van der Waals surface area contributed by atoms with Crippen LogP contribution in [0.3, 0.4) is 0 Å². The zero-order valence-corrected chi connectivity index (χ0v) is 11.8. The molecule has 1 rings (SSSR count). The molecule has 102 valence electrons. The Kier molecular flexibility index (Phi) is 7.51. The van der Waals surface area contributed by atoms with Gasteiger partial charge in [-0.3, -0.25) is 9.59 Å². The molecule has 2 amide bonds. The number of aromatic nitrogens is 1. The molecule has 5 heteroatoms. The molecule has 0 unspecified atom stereocenters. The van der Waals surface area contributed by atoms with Crippen LogP contribution in [0.1, 0.15) is 51.4 Å². The predicted octanol–water partition coefficient (Wildman–Crippen LogP) is 2.53. The Bertz CT molecular complexity index is 383. The van der Waals surface area contributed by atoms with Gasteiger partial charge in [-0.15, -0.1) is 0 Å². The number of hydrogen-bond donors (Lipinski definition) is 3. The average molecular weight is 253 g/mol. The van der Waals surface area contributed by atoms with Gasteiger partial charge in [-0.05, 0) is 19.9 Å². The fourth-order valence-electron chi connectivity index (χ4n) is 1.18. The third kappa shape index (κ3) is 5.52. The van der Waals surface area contributed by atoms with E-state index in [1.54, 1.807) is 19.2 Å². The van der Waals surface area contributed by atoms with Crippen LogP contribution in [0.2, 0.25) is 0 Å². The number of rotatable bonds is 4. The SMILES string of the molecule is CC.CCC(=O)Nc1cc(C(=O)NC(C)C)c[nH]1. The minimum Gasteiger partial charge on any atom is -0.350 e. The smallest absolute Gasteiger partial charge is 0.253 e. The first-order valence-electron chi connectivity index (χ1n) is 6.32. The molecule has 18 heavy (non-hydrogen) atoms. The number of aromatic amines is 1. The van der Waals surface area contributed by atoms with Crippen LogP contribution < -0.4 is 10.6 Å². The second kappa shape index (κ2) is 8.33. The summed E-state index contributed by atoms with van der Waals surface area (Å²) >= 11 is 0. The number of nitrogens with one attached hydrogen (secondary N) is 3. The molecule has 0 saturated heterocycles. The Morgan fingerprint density at radius 3 is 2.44 bits per heavy atom. The Labute approximate surface area is 108 Å². The molecule has 0 aromatic carbocycles. The highest BCUT2D eigenvalue weighted by Crippen LogP contribution is 2.09. The molecular weight excluding hydrogens is 230 g/mol. The van der Waals surface area contributed by atoms with E-state index in [-0.39, 0.29) is 17.9 Å². The van der Waals surface area contributed by atoms with Gasteiger partial charge in [0.15, 0.2) is 0 Å². The van der Waals surface area contributed by atoms with Crippen LogP contribution in [0.25, 0.3) is 0 Å². The Hall–Kier alpha value is -1.78. The highest BCUT2D eigenvalue weighted by molar-refractivity contribution is 5.96. The number of carbonyl (C=O) groups excluding carboxylic acids is 2. The normalized spacial score (nSPS) is 9.44. The van der Waals surface area contributed by atoms with Gasteiger partial charge in [-0.25, -0.2) is 0 Å². The van der Waals surface area contributed by atoms with Crippen LogP contribution in [0.5, 0.6) is 0 Å². The van der Waals surface area contributed by atoms with E-state index in [0.717, 1.165) is 0 Å². The molecule has 0 fully saturated rings. The van der Waals surface area contributed by atoms with Crippen LogP contribution in [0, 0.1) is 0 Å². The molecule has 0 aliphatic rings. The summed E-state index contributed by atoms with van der Waals surface area (Å²) in [7, 11) is 0. The van der Waals surface area contributed by atoms with Crippen LogP contribution in [0.4, 0.5) is 5.82 Å². The quantitative estimate of drug-likeness (QED) is 0.771. The van der Waals surface area contributed by atoms with E-state index in [1.807, 2.05) is 27.7 Å². The van der Waals surface area contributed by atoms with E-state index >= 15 is 0 Å². The van der Waals surface area contributed by atoms with Gasteiger partial charge in [-0.2, -0.15) is 0 Å². The van der Waals surface area contributed by atoms with Gasteiger partial charge in [-0.1, -0.05) is 20.8 Å². The summed E-state index contributed by atoms with van der Waals surface area (Å²) in [6.45, 7) is 9.55. The number of anilines is 1. The third-order valence-electron chi connectivity index (χ3n) is 1.96. The van der Waals surface area contributed by atoms with E-state index < -0.39 is 0 Å². The Morgan fingerprint density at radius 1 is 1.33 bits per heavy atom. The second-order valence-electron chi connectivity index (χ2n) is 3.83. The first-order valence-corrected chi connectivity index (χ1v) is 6.32. The second-order valence-corrected chi connectivity index (χ2v) is 3.83. The van der Waals surface area contributed by atoms with Crippen molar-refractivity contribution in [2.45, 2.75) is 47.1 Å². The molecule has 0 spiro atoms. The van der Waals surface area contributed by atoms with Crippen molar-refractivity contribution < 1.29 is 9.59 Å². The fraction of sp³-hybridized carbons (Fsp3) is 0.538. The number of amides is 2. The molecule has 1 aromatic heterocycles. The highest BCUT2D eigenvalue weighted by atomic mass is 16.2. The van der Waals surface area contributed by atoms with Crippen molar-refractivity contribution >= 4 is 17.6 Å². The zero-order valence-electron chi connectivity index (χ0n) is 11.8. The van der Waals surface area contributed by atoms with Crippen LogP contribution in [-0.4, -0.2) is 22.8 Å². The largest absolute Gasteiger partial charge is 0.350 e. The maximum Gasteiger partial charge on any atom is 0.253 e. The summed E-state index contributed by atoms with van der Waals surface area (Å²) in [5, 5.41) is 5.41. The molecule has 0 radical (unpaired) electrons. The molecular formula is C13H23N3O2. The minimum absolute atomic E-state index is 0.0855. The van der Waals surface area contributed by atoms with E-state index in [2.05, 4.69) is 15.6 Å². The van der Waals surface area contributed by atoms with Crippen molar-refractivity contribution in [2.75, 3.05) is 5.32 Å². The molecule has 3 N–H and O–H groups in total. The lowest BCUT2D eigenvalue weighted by atomic mass is 10.3. The average Bonchev–Trinajstić information content (AvgIpc) is 2.79. The van der Waals surface area contributed by atoms with Crippen molar-refractivity contribution in [3.63, 3.8) is 0 Å². The molecule has 0 aliphatic carbocycles. The summed E-state index contributed by atoms with van der Waals surface area (Å²) in [6, 6.07) is 1.71. The lowest BCUT2D eigenvalue weighted by Gasteiger charge is -2.05. The molecule has 0 saturated carbocycles. The van der Waals surface area contributed by atoms with Crippen LogP contribution in [0.15, 0.2) is 12.3 Å².